The number of rotatable bonds is 7. The summed E-state index contributed by atoms with van der Waals surface area (Å²) in [7, 11) is 0. The summed E-state index contributed by atoms with van der Waals surface area (Å²) in [6.07, 6.45) is 2.87. The zero-order chi connectivity index (χ0) is 17.7. The SMILES string of the molecule is CCc1[nH]ncc1C(=O)NCC[C@H](C)NC(=O)c1scc(C)c1Cl. The van der Waals surface area contributed by atoms with Crippen molar-refractivity contribution in [3.63, 3.8) is 0 Å². The highest BCUT2D eigenvalue weighted by Gasteiger charge is 2.17. The van der Waals surface area contributed by atoms with Gasteiger partial charge in [0.2, 0.25) is 0 Å². The van der Waals surface area contributed by atoms with E-state index in [0.29, 0.717) is 28.4 Å². The Labute approximate surface area is 150 Å². The number of aromatic amines is 1. The molecule has 6 nitrogen and oxygen atoms in total. The van der Waals surface area contributed by atoms with Gasteiger partial charge in [-0.2, -0.15) is 5.10 Å². The van der Waals surface area contributed by atoms with Gasteiger partial charge in [0.05, 0.1) is 16.8 Å². The molecule has 0 spiro atoms. The Morgan fingerprint density at radius 3 is 2.79 bits per heavy atom. The monoisotopic (exact) mass is 368 g/mol. The van der Waals surface area contributed by atoms with Gasteiger partial charge in [-0.25, -0.2) is 0 Å². The largest absolute Gasteiger partial charge is 0.352 e. The number of hydrogen-bond donors (Lipinski definition) is 3. The lowest BCUT2D eigenvalue weighted by molar-refractivity contribution is 0.0941. The highest BCUT2D eigenvalue weighted by molar-refractivity contribution is 7.13. The second-order valence-electron chi connectivity index (χ2n) is 5.60. The van der Waals surface area contributed by atoms with Gasteiger partial charge >= 0.3 is 0 Å². The third-order valence-corrected chi connectivity index (χ3v) is 5.36. The molecule has 2 amide bonds. The van der Waals surface area contributed by atoms with Crippen LogP contribution in [0.1, 0.15) is 51.6 Å². The molecule has 0 aromatic carbocycles. The normalized spacial score (nSPS) is 12.0. The van der Waals surface area contributed by atoms with E-state index in [1.165, 1.54) is 17.5 Å². The van der Waals surface area contributed by atoms with Crippen LogP contribution in [-0.2, 0) is 6.42 Å². The van der Waals surface area contributed by atoms with Crippen molar-refractivity contribution in [1.29, 1.82) is 0 Å². The Morgan fingerprint density at radius 2 is 2.17 bits per heavy atom. The predicted octanol–water partition coefficient (Wildman–Crippen LogP) is 2.93. The van der Waals surface area contributed by atoms with Crippen molar-refractivity contribution in [3.05, 3.63) is 38.3 Å². The first-order chi connectivity index (χ1) is 11.4. The number of aromatic nitrogens is 2. The fourth-order valence-electron chi connectivity index (χ4n) is 2.22. The summed E-state index contributed by atoms with van der Waals surface area (Å²) in [5, 5.41) is 14.8. The Balaban J connectivity index is 1.79. The summed E-state index contributed by atoms with van der Waals surface area (Å²) in [6.45, 7) is 6.19. The second-order valence-corrected chi connectivity index (χ2v) is 6.85. The van der Waals surface area contributed by atoms with E-state index in [1.807, 2.05) is 26.2 Å². The molecular formula is C16H21ClN4O2S. The molecule has 24 heavy (non-hydrogen) atoms. The number of nitrogens with zero attached hydrogens (tertiary/aromatic N) is 1. The Hall–Kier alpha value is -1.86. The van der Waals surface area contributed by atoms with E-state index in [2.05, 4.69) is 20.8 Å². The number of halogens is 1. The number of carbonyl (C=O) groups excluding carboxylic acids is 2. The summed E-state index contributed by atoms with van der Waals surface area (Å²) < 4.78 is 0. The van der Waals surface area contributed by atoms with E-state index in [0.717, 1.165) is 17.7 Å². The average molecular weight is 369 g/mol. The van der Waals surface area contributed by atoms with Crippen molar-refractivity contribution in [3.8, 4) is 0 Å². The summed E-state index contributed by atoms with van der Waals surface area (Å²) in [5.74, 6) is -0.337. The molecular weight excluding hydrogens is 348 g/mol. The van der Waals surface area contributed by atoms with E-state index in [9.17, 15) is 9.59 Å². The zero-order valence-electron chi connectivity index (χ0n) is 13.9. The first-order valence-electron chi connectivity index (χ1n) is 7.78. The van der Waals surface area contributed by atoms with E-state index in [-0.39, 0.29) is 17.9 Å². The topological polar surface area (TPSA) is 86.9 Å². The molecule has 2 aromatic heterocycles. The maximum absolute atomic E-state index is 12.2. The molecule has 0 fully saturated rings. The highest BCUT2D eigenvalue weighted by atomic mass is 35.5. The molecule has 2 rings (SSSR count). The Kier molecular flexibility index (Phi) is 6.39. The van der Waals surface area contributed by atoms with Crippen LogP contribution in [-0.4, -0.2) is 34.6 Å². The van der Waals surface area contributed by atoms with Gasteiger partial charge in [0, 0.05) is 18.3 Å². The van der Waals surface area contributed by atoms with Crippen LogP contribution >= 0.6 is 22.9 Å². The summed E-state index contributed by atoms with van der Waals surface area (Å²) >= 11 is 7.44. The van der Waals surface area contributed by atoms with Crippen LogP contribution in [0.3, 0.4) is 0 Å². The number of carbonyl (C=O) groups is 2. The lowest BCUT2D eigenvalue weighted by Crippen LogP contribution is -2.36. The number of nitrogens with one attached hydrogen (secondary N) is 3. The molecule has 1 atom stereocenters. The number of hydrogen-bond acceptors (Lipinski definition) is 4. The Morgan fingerprint density at radius 1 is 1.42 bits per heavy atom. The van der Waals surface area contributed by atoms with E-state index in [1.54, 1.807) is 0 Å². The molecule has 2 heterocycles. The van der Waals surface area contributed by atoms with Gasteiger partial charge in [-0.05, 0) is 37.6 Å². The van der Waals surface area contributed by atoms with Crippen LogP contribution in [0.25, 0.3) is 0 Å². The van der Waals surface area contributed by atoms with Crippen molar-refractivity contribution < 1.29 is 9.59 Å². The molecule has 0 aliphatic heterocycles. The summed E-state index contributed by atoms with van der Waals surface area (Å²) in [4.78, 5) is 24.8. The number of amides is 2. The smallest absolute Gasteiger partial charge is 0.263 e. The molecule has 2 aromatic rings. The van der Waals surface area contributed by atoms with Gasteiger partial charge in [0.1, 0.15) is 4.88 Å². The fraction of sp³-hybridized carbons (Fsp3) is 0.438. The van der Waals surface area contributed by atoms with Gasteiger partial charge < -0.3 is 10.6 Å². The minimum absolute atomic E-state index is 0.0775. The molecule has 8 heteroatoms. The molecule has 0 unspecified atom stereocenters. The first kappa shape index (κ1) is 18.5. The summed E-state index contributed by atoms with van der Waals surface area (Å²) in [5.41, 5.74) is 2.28. The van der Waals surface area contributed by atoms with Crippen molar-refractivity contribution in [2.45, 2.75) is 39.7 Å². The molecule has 3 N–H and O–H groups in total. The highest BCUT2D eigenvalue weighted by Crippen LogP contribution is 2.26. The van der Waals surface area contributed by atoms with Crippen molar-refractivity contribution >= 4 is 34.8 Å². The van der Waals surface area contributed by atoms with Crippen LogP contribution in [0.4, 0.5) is 0 Å². The fourth-order valence-corrected chi connectivity index (χ4v) is 3.40. The van der Waals surface area contributed by atoms with Gasteiger partial charge in [-0.1, -0.05) is 18.5 Å². The number of thiophene rings is 1. The molecule has 130 valence electrons. The predicted molar refractivity (Wildman–Crippen MR) is 95.9 cm³/mol. The van der Waals surface area contributed by atoms with Crippen LogP contribution in [0.2, 0.25) is 5.02 Å². The first-order valence-corrected chi connectivity index (χ1v) is 9.04. The zero-order valence-corrected chi connectivity index (χ0v) is 15.5. The van der Waals surface area contributed by atoms with Gasteiger partial charge in [-0.3, -0.25) is 14.7 Å². The van der Waals surface area contributed by atoms with Gasteiger partial charge in [0.15, 0.2) is 0 Å². The van der Waals surface area contributed by atoms with E-state index >= 15 is 0 Å². The number of aryl methyl sites for hydroxylation is 2. The number of H-pyrrole nitrogens is 1. The maximum atomic E-state index is 12.2. The molecule has 0 aliphatic carbocycles. The van der Waals surface area contributed by atoms with E-state index < -0.39 is 0 Å². The van der Waals surface area contributed by atoms with Gasteiger partial charge in [0.25, 0.3) is 11.8 Å². The molecule has 0 bridgehead atoms. The minimum atomic E-state index is -0.181. The van der Waals surface area contributed by atoms with Crippen LogP contribution in [0, 0.1) is 6.92 Å². The van der Waals surface area contributed by atoms with Crippen molar-refractivity contribution in [2.75, 3.05) is 6.54 Å². The quantitative estimate of drug-likeness (QED) is 0.702. The average Bonchev–Trinajstić information content (AvgIpc) is 3.14. The van der Waals surface area contributed by atoms with Crippen molar-refractivity contribution in [2.24, 2.45) is 0 Å². The third-order valence-electron chi connectivity index (χ3n) is 3.66. The molecule has 0 radical (unpaired) electrons. The minimum Gasteiger partial charge on any atom is -0.352 e. The van der Waals surface area contributed by atoms with Crippen LogP contribution in [0.5, 0.6) is 0 Å². The van der Waals surface area contributed by atoms with Gasteiger partial charge in [-0.15, -0.1) is 11.3 Å². The summed E-state index contributed by atoms with van der Waals surface area (Å²) in [6, 6.07) is -0.0775. The lowest BCUT2D eigenvalue weighted by atomic mass is 10.2. The molecule has 0 saturated heterocycles. The molecule has 0 aliphatic rings. The van der Waals surface area contributed by atoms with Crippen molar-refractivity contribution in [1.82, 2.24) is 20.8 Å². The lowest BCUT2D eigenvalue weighted by Gasteiger charge is -2.14. The van der Waals surface area contributed by atoms with E-state index in [4.69, 9.17) is 11.6 Å². The third kappa shape index (κ3) is 4.36. The Bertz CT molecular complexity index is 725. The standard InChI is InChI=1S/C16H21ClN4O2S/c1-4-12-11(7-19-21-12)15(22)18-6-5-10(3)20-16(23)14-13(17)9(2)8-24-14/h7-8,10H,4-6H2,1-3H3,(H,18,22)(H,19,21)(H,20,23)/t10-/m0/s1. The van der Waals surface area contributed by atoms with Crippen LogP contribution in [0.15, 0.2) is 11.6 Å². The maximum Gasteiger partial charge on any atom is 0.263 e. The molecule has 0 saturated carbocycles. The van der Waals surface area contributed by atoms with Crippen LogP contribution < -0.4 is 10.6 Å². The second kappa shape index (κ2) is 8.30.